The Labute approximate surface area is 134 Å². The van der Waals surface area contributed by atoms with E-state index in [0.29, 0.717) is 0 Å². The highest BCUT2D eigenvalue weighted by atomic mass is 79.9. The highest BCUT2D eigenvalue weighted by Crippen LogP contribution is 2.28. The number of hydrogen-bond acceptors (Lipinski definition) is 2. The van der Waals surface area contributed by atoms with Gasteiger partial charge in [0, 0.05) is 17.1 Å². The van der Waals surface area contributed by atoms with E-state index in [1.54, 1.807) is 0 Å². The molecule has 0 aromatic heterocycles. The highest BCUT2D eigenvalue weighted by Gasteiger charge is 2.20. The predicted molar refractivity (Wildman–Crippen MR) is 90.0 cm³/mol. The zero-order valence-corrected chi connectivity index (χ0v) is 14.0. The highest BCUT2D eigenvalue weighted by molar-refractivity contribution is 9.10. The van der Waals surface area contributed by atoms with Gasteiger partial charge >= 0.3 is 0 Å². The second-order valence-electron chi connectivity index (χ2n) is 5.76. The lowest BCUT2D eigenvalue weighted by atomic mass is 10.1. The van der Waals surface area contributed by atoms with Crippen LogP contribution in [-0.2, 0) is 6.54 Å². The van der Waals surface area contributed by atoms with Crippen LogP contribution in [0.15, 0.2) is 40.9 Å². The van der Waals surface area contributed by atoms with Crippen LogP contribution in [0.1, 0.15) is 29.5 Å². The first-order chi connectivity index (χ1) is 10.1. The fourth-order valence-corrected chi connectivity index (χ4v) is 2.54. The van der Waals surface area contributed by atoms with E-state index in [4.69, 9.17) is 4.74 Å². The lowest BCUT2D eigenvalue weighted by Crippen LogP contribution is -2.15. The molecule has 1 N–H and O–H groups in total. The summed E-state index contributed by atoms with van der Waals surface area (Å²) in [6, 6.07) is 13.1. The van der Waals surface area contributed by atoms with Crippen LogP contribution >= 0.6 is 15.9 Å². The van der Waals surface area contributed by atoms with Gasteiger partial charge in [-0.25, -0.2) is 0 Å². The van der Waals surface area contributed by atoms with E-state index < -0.39 is 0 Å². The molecule has 0 heterocycles. The van der Waals surface area contributed by atoms with Crippen LogP contribution in [0.3, 0.4) is 0 Å². The van der Waals surface area contributed by atoms with Gasteiger partial charge in [0.25, 0.3) is 0 Å². The van der Waals surface area contributed by atoms with Crippen molar-refractivity contribution in [3.63, 3.8) is 0 Å². The monoisotopic (exact) mass is 345 g/mol. The summed E-state index contributed by atoms with van der Waals surface area (Å²) in [6.45, 7) is 5.16. The minimum atomic E-state index is 0.742. The van der Waals surface area contributed by atoms with Gasteiger partial charge in [-0.05, 0) is 73.7 Å². The van der Waals surface area contributed by atoms with Crippen LogP contribution in [0.4, 0.5) is 0 Å². The lowest BCUT2D eigenvalue weighted by Gasteiger charge is -2.11. The zero-order valence-electron chi connectivity index (χ0n) is 12.4. The molecule has 2 aromatic carbocycles. The van der Waals surface area contributed by atoms with Gasteiger partial charge in [0.15, 0.2) is 0 Å². The maximum absolute atomic E-state index is 5.95. The molecule has 1 aliphatic rings. The summed E-state index contributed by atoms with van der Waals surface area (Å²) in [5.41, 5.74) is 3.80. The predicted octanol–water partition coefficient (Wildman–Crippen LogP) is 5.11. The second-order valence-corrected chi connectivity index (χ2v) is 6.61. The number of ether oxygens (including phenoxy) is 1. The molecule has 3 heteroatoms. The number of hydrogen-bond donors (Lipinski definition) is 1. The van der Waals surface area contributed by atoms with E-state index in [-0.39, 0.29) is 0 Å². The van der Waals surface area contributed by atoms with E-state index in [1.807, 2.05) is 24.3 Å². The Balaban J connectivity index is 1.70. The van der Waals surface area contributed by atoms with Crippen LogP contribution in [0, 0.1) is 13.8 Å². The Bertz CT molecular complexity index is 650. The lowest BCUT2D eigenvalue weighted by molar-refractivity contribution is 0.481. The first-order valence-electron chi connectivity index (χ1n) is 7.39. The molecule has 1 saturated carbocycles. The van der Waals surface area contributed by atoms with Gasteiger partial charge in [-0.3, -0.25) is 0 Å². The van der Waals surface area contributed by atoms with Crippen LogP contribution in [0.5, 0.6) is 11.5 Å². The molecule has 0 bridgehead atoms. The van der Waals surface area contributed by atoms with Crippen LogP contribution in [0.25, 0.3) is 0 Å². The molecule has 1 aliphatic carbocycles. The third-order valence-corrected chi connectivity index (χ3v) is 4.73. The molecule has 110 valence electrons. The van der Waals surface area contributed by atoms with E-state index in [9.17, 15) is 0 Å². The molecule has 21 heavy (non-hydrogen) atoms. The molecule has 2 nitrogen and oxygen atoms in total. The summed E-state index contributed by atoms with van der Waals surface area (Å²) in [7, 11) is 0. The second kappa shape index (κ2) is 6.20. The molecule has 2 aromatic rings. The van der Waals surface area contributed by atoms with E-state index in [0.717, 1.165) is 28.6 Å². The van der Waals surface area contributed by atoms with Gasteiger partial charge in [0.05, 0.1) is 0 Å². The topological polar surface area (TPSA) is 21.3 Å². The van der Waals surface area contributed by atoms with Crippen LogP contribution in [-0.4, -0.2) is 6.04 Å². The normalized spacial score (nSPS) is 14.2. The van der Waals surface area contributed by atoms with Gasteiger partial charge in [-0.15, -0.1) is 0 Å². The first-order valence-corrected chi connectivity index (χ1v) is 8.18. The fourth-order valence-electron chi connectivity index (χ4n) is 2.29. The van der Waals surface area contributed by atoms with Gasteiger partial charge in [0.2, 0.25) is 0 Å². The van der Waals surface area contributed by atoms with E-state index >= 15 is 0 Å². The van der Waals surface area contributed by atoms with Crippen molar-refractivity contribution >= 4 is 15.9 Å². The average molecular weight is 346 g/mol. The van der Waals surface area contributed by atoms with E-state index in [1.165, 1.54) is 29.5 Å². The molecule has 0 spiro atoms. The first kappa shape index (κ1) is 14.6. The average Bonchev–Trinajstić information content (AvgIpc) is 3.26. The number of benzene rings is 2. The Hall–Kier alpha value is -1.32. The van der Waals surface area contributed by atoms with Gasteiger partial charge in [-0.2, -0.15) is 0 Å². The molecule has 3 rings (SSSR count). The maximum atomic E-state index is 5.95. The smallest absolute Gasteiger partial charge is 0.127 e. The van der Waals surface area contributed by atoms with Gasteiger partial charge in [-0.1, -0.05) is 22.0 Å². The van der Waals surface area contributed by atoms with Crippen molar-refractivity contribution in [2.45, 2.75) is 39.3 Å². The molecule has 0 atom stereocenters. The molecule has 0 saturated heterocycles. The van der Waals surface area contributed by atoms with Crippen molar-refractivity contribution in [1.29, 1.82) is 0 Å². The summed E-state index contributed by atoms with van der Waals surface area (Å²) in [6.07, 6.45) is 2.65. The fraction of sp³-hybridized carbons (Fsp3) is 0.333. The minimum Gasteiger partial charge on any atom is -0.457 e. The molecule has 1 fully saturated rings. The molecular formula is C18H20BrNO. The van der Waals surface area contributed by atoms with Crippen molar-refractivity contribution < 1.29 is 4.74 Å². The molecule has 0 amide bonds. The molecule has 0 radical (unpaired) electrons. The zero-order chi connectivity index (χ0) is 14.8. The van der Waals surface area contributed by atoms with Crippen LogP contribution in [0.2, 0.25) is 0 Å². The Kier molecular flexibility index (Phi) is 4.32. The number of aryl methyl sites for hydroxylation is 2. The van der Waals surface area contributed by atoms with Crippen LogP contribution < -0.4 is 10.1 Å². The molecular weight excluding hydrogens is 326 g/mol. The summed E-state index contributed by atoms with van der Waals surface area (Å²) >= 11 is 3.51. The summed E-state index contributed by atoms with van der Waals surface area (Å²) < 4.78 is 7.05. The Morgan fingerprint density at radius 1 is 1.05 bits per heavy atom. The molecule has 0 aliphatic heterocycles. The largest absolute Gasteiger partial charge is 0.457 e. The summed E-state index contributed by atoms with van der Waals surface area (Å²) in [5.74, 6) is 1.77. The summed E-state index contributed by atoms with van der Waals surface area (Å²) in [5, 5.41) is 3.55. The van der Waals surface area contributed by atoms with E-state index in [2.05, 4.69) is 47.2 Å². The number of nitrogens with one attached hydrogen (secondary N) is 1. The van der Waals surface area contributed by atoms with Crippen molar-refractivity contribution in [3.8, 4) is 11.5 Å². The van der Waals surface area contributed by atoms with Gasteiger partial charge < -0.3 is 10.1 Å². The minimum absolute atomic E-state index is 0.742. The summed E-state index contributed by atoms with van der Waals surface area (Å²) in [4.78, 5) is 0. The SMILES string of the molecule is Cc1cc(Oc2ccc(CNC3CC3)c(C)c2)ccc1Br. The van der Waals surface area contributed by atoms with Gasteiger partial charge in [0.1, 0.15) is 11.5 Å². The van der Waals surface area contributed by atoms with Crippen molar-refractivity contribution in [3.05, 3.63) is 57.6 Å². The quantitative estimate of drug-likeness (QED) is 0.812. The standard InChI is InChI=1S/C18H20BrNO/c1-12-9-16(6-3-14(12)11-20-15-4-5-15)21-17-7-8-18(19)13(2)10-17/h3,6-10,15,20H,4-5,11H2,1-2H3. The number of rotatable bonds is 5. The Morgan fingerprint density at radius 3 is 2.33 bits per heavy atom. The number of halogens is 1. The van der Waals surface area contributed by atoms with Crippen molar-refractivity contribution in [2.24, 2.45) is 0 Å². The molecule has 0 unspecified atom stereocenters. The maximum Gasteiger partial charge on any atom is 0.127 e. The third kappa shape index (κ3) is 3.86. The Morgan fingerprint density at radius 2 is 1.71 bits per heavy atom. The third-order valence-electron chi connectivity index (χ3n) is 3.84. The van der Waals surface area contributed by atoms with Crippen molar-refractivity contribution in [1.82, 2.24) is 5.32 Å². The van der Waals surface area contributed by atoms with Crippen molar-refractivity contribution in [2.75, 3.05) is 0 Å².